The molecule has 0 radical (unpaired) electrons. The Morgan fingerprint density at radius 2 is 1.86 bits per heavy atom. The molecular weight excluding hydrogens is 262 g/mol. The van der Waals surface area contributed by atoms with Crippen LogP contribution in [0.3, 0.4) is 0 Å². The Morgan fingerprint density at radius 3 is 2.52 bits per heavy atom. The van der Waals surface area contributed by atoms with Gasteiger partial charge in [-0.3, -0.25) is 0 Å². The number of aliphatic hydroxyl groups excluding tert-OH is 1. The van der Waals surface area contributed by atoms with Crippen LogP contribution in [0.1, 0.15) is 24.5 Å². The van der Waals surface area contributed by atoms with Crippen molar-refractivity contribution in [3.05, 3.63) is 65.7 Å². The number of benzene rings is 2. The first-order valence-electron chi connectivity index (χ1n) is 7.35. The van der Waals surface area contributed by atoms with Gasteiger partial charge in [0.1, 0.15) is 5.75 Å². The fourth-order valence-electron chi connectivity index (χ4n) is 2.29. The monoisotopic (exact) mass is 285 g/mol. The molecule has 3 nitrogen and oxygen atoms in total. The maximum atomic E-state index is 9.64. The van der Waals surface area contributed by atoms with Gasteiger partial charge >= 0.3 is 0 Å². The van der Waals surface area contributed by atoms with Crippen molar-refractivity contribution in [2.45, 2.75) is 25.3 Å². The van der Waals surface area contributed by atoms with Crippen LogP contribution in [-0.2, 0) is 12.0 Å². The second-order valence-electron chi connectivity index (χ2n) is 5.28. The SMILES string of the molecule is CCc1cccc(OCCC(N)(CO)c2ccccc2)c1. The van der Waals surface area contributed by atoms with E-state index in [0.29, 0.717) is 13.0 Å². The molecule has 2 aromatic carbocycles. The lowest BCUT2D eigenvalue weighted by Crippen LogP contribution is -2.41. The number of nitrogens with two attached hydrogens (primary N) is 1. The lowest BCUT2D eigenvalue weighted by molar-refractivity contribution is 0.162. The van der Waals surface area contributed by atoms with Crippen molar-refractivity contribution in [2.75, 3.05) is 13.2 Å². The average molecular weight is 285 g/mol. The first-order valence-corrected chi connectivity index (χ1v) is 7.35. The van der Waals surface area contributed by atoms with E-state index in [-0.39, 0.29) is 6.61 Å². The highest BCUT2D eigenvalue weighted by Gasteiger charge is 2.26. The van der Waals surface area contributed by atoms with E-state index in [1.54, 1.807) is 0 Å². The van der Waals surface area contributed by atoms with Crippen LogP contribution in [0, 0.1) is 0 Å². The summed E-state index contributed by atoms with van der Waals surface area (Å²) in [4.78, 5) is 0. The van der Waals surface area contributed by atoms with E-state index in [1.165, 1.54) is 5.56 Å². The van der Waals surface area contributed by atoms with Gasteiger partial charge in [0.05, 0.1) is 18.8 Å². The van der Waals surface area contributed by atoms with Crippen molar-refractivity contribution in [2.24, 2.45) is 5.73 Å². The number of rotatable bonds is 7. The van der Waals surface area contributed by atoms with Crippen molar-refractivity contribution in [1.29, 1.82) is 0 Å². The number of aryl methyl sites for hydroxylation is 1. The molecule has 2 rings (SSSR count). The molecule has 1 unspecified atom stereocenters. The minimum atomic E-state index is -0.760. The summed E-state index contributed by atoms with van der Waals surface area (Å²) >= 11 is 0. The average Bonchev–Trinajstić information content (AvgIpc) is 2.55. The zero-order valence-corrected chi connectivity index (χ0v) is 12.5. The van der Waals surface area contributed by atoms with Crippen molar-refractivity contribution in [3.63, 3.8) is 0 Å². The van der Waals surface area contributed by atoms with E-state index in [9.17, 15) is 5.11 Å². The fourth-order valence-corrected chi connectivity index (χ4v) is 2.29. The molecular formula is C18H23NO2. The molecule has 0 amide bonds. The van der Waals surface area contributed by atoms with Gasteiger partial charge in [-0.15, -0.1) is 0 Å². The fraction of sp³-hybridized carbons (Fsp3) is 0.333. The quantitative estimate of drug-likeness (QED) is 0.822. The summed E-state index contributed by atoms with van der Waals surface area (Å²) < 4.78 is 5.78. The molecule has 0 aliphatic rings. The van der Waals surface area contributed by atoms with Crippen molar-refractivity contribution >= 4 is 0 Å². The van der Waals surface area contributed by atoms with E-state index in [0.717, 1.165) is 17.7 Å². The van der Waals surface area contributed by atoms with Crippen LogP contribution >= 0.6 is 0 Å². The lowest BCUT2D eigenvalue weighted by Gasteiger charge is -2.27. The van der Waals surface area contributed by atoms with Gasteiger partial charge in [-0.25, -0.2) is 0 Å². The molecule has 0 aliphatic carbocycles. The minimum Gasteiger partial charge on any atom is -0.494 e. The summed E-state index contributed by atoms with van der Waals surface area (Å²) in [6.07, 6.45) is 1.54. The van der Waals surface area contributed by atoms with E-state index in [1.807, 2.05) is 48.5 Å². The van der Waals surface area contributed by atoms with Gasteiger partial charge in [0.15, 0.2) is 0 Å². The Balaban J connectivity index is 1.97. The highest BCUT2D eigenvalue weighted by atomic mass is 16.5. The summed E-state index contributed by atoms with van der Waals surface area (Å²) in [5.41, 5.74) is 7.72. The van der Waals surface area contributed by atoms with Crippen LogP contribution in [-0.4, -0.2) is 18.3 Å². The Hall–Kier alpha value is -1.84. The molecule has 3 heteroatoms. The van der Waals surface area contributed by atoms with Gasteiger partial charge in [0, 0.05) is 6.42 Å². The molecule has 0 saturated carbocycles. The third-order valence-electron chi connectivity index (χ3n) is 3.75. The highest BCUT2D eigenvalue weighted by Crippen LogP contribution is 2.22. The lowest BCUT2D eigenvalue weighted by atomic mass is 9.89. The molecule has 0 aromatic heterocycles. The van der Waals surface area contributed by atoms with Crippen molar-refractivity contribution in [1.82, 2.24) is 0 Å². The number of hydrogen-bond donors (Lipinski definition) is 2. The minimum absolute atomic E-state index is 0.102. The standard InChI is InChI=1S/C18H23NO2/c1-2-15-7-6-10-17(13-15)21-12-11-18(19,14-20)16-8-4-3-5-9-16/h3-10,13,20H,2,11-12,14,19H2,1H3. The Kier molecular flexibility index (Phi) is 5.37. The molecule has 21 heavy (non-hydrogen) atoms. The molecule has 3 N–H and O–H groups in total. The summed E-state index contributed by atoms with van der Waals surface area (Å²) in [6, 6.07) is 17.7. The van der Waals surface area contributed by atoms with Gasteiger partial charge < -0.3 is 15.6 Å². The van der Waals surface area contributed by atoms with Crippen LogP contribution in [0.4, 0.5) is 0 Å². The summed E-state index contributed by atoms with van der Waals surface area (Å²) in [7, 11) is 0. The second kappa shape index (κ2) is 7.25. The van der Waals surface area contributed by atoms with Gasteiger partial charge in [0.2, 0.25) is 0 Å². The predicted octanol–water partition coefficient (Wildman–Crippen LogP) is 2.86. The Bertz CT molecular complexity index is 556. The summed E-state index contributed by atoms with van der Waals surface area (Å²) in [5.74, 6) is 0.850. The van der Waals surface area contributed by atoms with E-state index < -0.39 is 5.54 Å². The molecule has 0 heterocycles. The van der Waals surface area contributed by atoms with Gasteiger partial charge in [-0.2, -0.15) is 0 Å². The van der Waals surface area contributed by atoms with Crippen molar-refractivity contribution in [3.8, 4) is 5.75 Å². The van der Waals surface area contributed by atoms with Gasteiger partial charge in [0.25, 0.3) is 0 Å². The van der Waals surface area contributed by atoms with E-state index >= 15 is 0 Å². The smallest absolute Gasteiger partial charge is 0.119 e. The van der Waals surface area contributed by atoms with Crippen LogP contribution < -0.4 is 10.5 Å². The molecule has 0 bridgehead atoms. The Labute approximate surface area is 126 Å². The molecule has 0 aliphatic heterocycles. The Morgan fingerprint density at radius 1 is 1.10 bits per heavy atom. The molecule has 2 aromatic rings. The number of aliphatic hydroxyl groups is 1. The zero-order valence-electron chi connectivity index (χ0n) is 12.5. The molecule has 0 spiro atoms. The second-order valence-corrected chi connectivity index (χ2v) is 5.28. The van der Waals surface area contributed by atoms with Crippen molar-refractivity contribution < 1.29 is 9.84 Å². The normalized spacial score (nSPS) is 13.7. The molecule has 1 atom stereocenters. The maximum Gasteiger partial charge on any atom is 0.119 e. The first-order chi connectivity index (χ1) is 10.2. The molecule has 0 saturated heterocycles. The third-order valence-corrected chi connectivity index (χ3v) is 3.75. The van der Waals surface area contributed by atoms with Crippen LogP contribution in [0.25, 0.3) is 0 Å². The molecule has 112 valence electrons. The van der Waals surface area contributed by atoms with Crippen LogP contribution in [0.5, 0.6) is 5.75 Å². The van der Waals surface area contributed by atoms with E-state index in [2.05, 4.69) is 13.0 Å². The van der Waals surface area contributed by atoms with Crippen LogP contribution in [0.2, 0.25) is 0 Å². The van der Waals surface area contributed by atoms with Crippen LogP contribution in [0.15, 0.2) is 54.6 Å². The number of hydrogen-bond acceptors (Lipinski definition) is 3. The maximum absolute atomic E-state index is 9.64. The zero-order chi connectivity index (χ0) is 15.1. The highest BCUT2D eigenvalue weighted by molar-refractivity contribution is 5.28. The largest absolute Gasteiger partial charge is 0.494 e. The topological polar surface area (TPSA) is 55.5 Å². The predicted molar refractivity (Wildman–Crippen MR) is 85.3 cm³/mol. The third kappa shape index (κ3) is 4.06. The summed E-state index contributed by atoms with van der Waals surface area (Å²) in [6.45, 7) is 2.49. The molecule has 0 fully saturated rings. The van der Waals surface area contributed by atoms with Gasteiger partial charge in [-0.1, -0.05) is 49.4 Å². The first kappa shape index (κ1) is 15.5. The number of ether oxygens (including phenoxy) is 1. The summed E-state index contributed by atoms with van der Waals surface area (Å²) in [5, 5.41) is 9.64. The van der Waals surface area contributed by atoms with E-state index in [4.69, 9.17) is 10.5 Å². The van der Waals surface area contributed by atoms with Gasteiger partial charge in [-0.05, 0) is 29.7 Å².